The van der Waals surface area contributed by atoms with Crippen LogP contribution in [0.25, 0.3) is 6.08 Å². The first-order valence-electron chi connectivity index (χ1n) is 10.1. The fraction of sp³-hybridized carbons (Fsp3) is 0.292. The van der Waals surface area contributed by atoms with Gasteiger partial charge in [0, 0.05) is 12.1 Å². The minimum absolute atomic E-state index is 0.183. The van der Waals surface area contributed by atoms with Gasteiger partial charge in [0.2, 0.25) is 0 Å². The SMILES string of the molecule is Cc1cccc(/C=C/C(=O)OCC(=O)Nc2ccccc2C(=O)NC2CCCC2)c1. The molecule has 2 N–H and O–H groups in total. The molecule has 0 saturated heterocycles. The monoisotopic (exact) mass is 406 g/mol. The number of aryl methyl sites for hydroxylation is 1. The van der Waals surface area contributed by atoms with Crippen LogP contribution in [0.2, 0.25) is 0 Å². The second-order valence-electron chi connectivity index (χ2n) is 7.40. The fourth-order valence-corrected chi connectivity index (χ4v) is 3.43. The molecule has 30 heavy (non-hydrogen) atoms. The Balaban J connectivity index is 1.52. The molecule has 0 radical (unpaired) electrons. The minimum Gasteiger partial charge on any atom is -0.452 e. The molecule has 0 bridgehead atoms. The van der Waals surface area contributed by atoms with Crippen LogP contribution in [0.5, 0.6) is 0 Å². The second kappa shape index (κ2) is 10.4. The van der Waals surface area contributed by atoms with Gasteiger partial charge in [0.15, 0.2) is 6.61 Å². The Morgan fingerprint density at radius 1 is 1.07 bits per heavy atom. The summed E-state index contributed by atoms with van der Waals surface area (Å²) in [6.45, 7) is 1.53. The normalized spacial score (nSPS) is 13.9. The average Bonchev–Trinajstić information content (AvgIpc) is 3.24. The topological polar surface area (TPSA) is 84.5 Å². The lowest BCUT2D eigenvalue weighted by atomic mass is 10.1. The Hall–Kier alpha value is -3.41. The van der Waals surface area contributed by atoms with Crippen LogP contribution in [0, 0.1) is 6.92 Å². The van der Waals surface area contributed by atoms with E-state index >= 15 is 0 Å². The highest BCUT2D eigenvalue weighted by Crippen LogP contribution is 2.20. The lowest BCUT2D eigenvalue weighted by Crippen LogP contribution is -2.33. The number of anilines is 1. The molecule has 1 aliphatic carbocycles. The molecule has 1 saturated carbocycles. The van der Waals surface area contributed by atoms with Crippen molar-refractivity contribution in [1.29, 1.82) is 0 Å². The van der Waals surface area contributed by atoms with Crippen molar-refractivity contribution in [3.8, 4) is 0 Å². The summed E-state index contributed by atoms with van der Waals surface area (Å²) >= 11 is 0. The number of hydrogen-bond donors (Lipinski definition) is 2. The fourth-order valence-electron chi connectivity index (χ4n) is 3.43. The van der Waals surface area contributed by atoms with Gasteiger partial charge < -0.3 is 15.4 Å². The van der Waals surface area contributed by atoms with Crippen molar-refractivity contribution in [1.82, 2.24) is 5.32 Å². The first-order valence-corrected chi connectivity index (χ1v) is 10.1. The lowest BCUT2D eigenvalue weighted by Gasteiger charge is -2.15. The Morgan fingerprint density at radius 2 is 1.83 bits per heavy atom. The average molecular weight is 406 g/mol. The van der Waals surface area contributed by atoms with Crippen molar-refractivity contribution in [3.63, 3.8) is 0 Å². The number of amides is 2. The number of para-hydroxylation sites is 1. The molecular weight excluding hydrogens is 380 g/mol. The minimum atomic E-state index is -0.612. The molecule has 6 heteroatoms. The zero-order valence-electron chi connectivity index (χ0n) is 17.0. The van der Waals surface area contributed by atoms with Crippen molar-refractivity contribution in [2.75, 3.05) is 11.9 Å². The number of carbonyl (C=O) groups excluding carboxylic acids is 3. The van der Waals surface area contributed by atoms with Crippen LogP contribution in [0.1, 0.15) is 47.2 Å². The Morgan fingerprint density at radius 3 is 2.60 bits per heavy atom. The van der Waals surface area contributed by atoms with E-state index in [0.717, 1.165) is 36.8 Å². The predicted octanol–water partition coefficient (Wildman–Crippen LogP) is 3.86. The van der Waals surface area contributed by atoms with Crippen LogP contribution < -0.4 is 10.6 Å². The molecular formula is C24H26N2O4. The molecule has 0 aliphatic heterocycles. The summed E-state index contributed by atoms with van der Waals surface area (Å²) in [4.78, 5) is 36.6. The van der Waals surface area contributed by atoms with Crippen LogP contribution in [0.15, 0.2) is 54.6 Å². The number of hydrogen-bond acceptors (Lipinski definition) is 4. The largest absolute Gasteiger partial charge is 0.452 e. The lowest BCUT2D eigenvalue weighted by molar-refractivity contribution is -0.142. The molecule has 0 spiro atoms. The highest BCUT2D eigenvalue weighted by Gasteiger charge is 2.20. The van der Waals surface area contributed by atoms with Gasteiger partial charge in [-0.15, -0.1) is 0 Å². The van der Waals surface area contributed by atoms with Gasteiger partial charge in [0.05, 0.1) is 11.3 Å². The molecule has 0 atom stereocenters. The van der Waals surface area contributed by atoms with Crippen molar-refractivity contribution in [2.45, 2.75) is 38.6 Å². The maximum Gasteiger partial charge on any atom is 0.331 e. The predicted molar refractivity (Wildman–Crippen MR) is 116 cm³/mol. The molecule has 2 aromatic carbocycles. The highest BCUT2D eigenvalue weighted by molar-refractivity contribution is 6.04. The summed E-state index contributed by atoms with van der Waals surface area (Å²) in [6, 6.07) is 14.6. The van der Waals surface area contributed by atoms with Gasteiger partial charge in [0.1, 0.15) is 0 Å². The van der Waals surface area contributed by atoms with Crippen LogP contribution in [0.4, 0.5) is 5.69 Å². The summed E-state index contributed by atoms with van der Waals surface area (Å²) in [5, 5.41) is 5.66. The molecule has 0 aromatic heterocycles. The van der Waals surface area contributed by atoms with Gasteiger partial charge >= 0.3 is 5.97 Å². The number of nitrogens with one attached hydrogen (secondary N) is 2. The third-order valence-corrected chi connectivity index (χ3v) is 4.94. The first-order chi connectivity index (χ1) is 14.5. The van der Waals surface area contributed by atoms with Gasteiger partial charge in [-0.25, -0.2) is 4.79 Å². The molecule has 1 fully saturated rings. The van der Waals surface area contributed by atoms with E-state index in [9.17, 15) is 14.4 Å². The summed E-state index contributed by atoms with van der Waals surface area (Å²) in [7, 11) is 0. The number of benzene rings is 2. The van der Waals surface area contributed by atoms with Crippen LogP contribution in [-0.2, 0) is 14.3 Å². The van der Waals surface area contributed by atoms with Gasteiger partial charge in [-0.3, -0.25) is 9.59 Å². The Kier molecular flexibility index (Phi) is 7.38. The van der Waals surface area contributed by atoms with Crippen molar-refractivity contribution < 1.29 is 19.1 Å². The summed E-state index contributed by atoms with van der Waals surface area (Å²) in [6.07, 6.45) is 7.11. The molecule has 156 valence electrons. The number of ether oxygens (including phenoxy) is 1. The molecule has 0 heterocycles. The first kappa shape index (κ1) is 21.3. The zero-order valence-corrected chi connectivity index (χ0v) is 17.0. The van der Waals surface area contributed by atoms with Crippen LogP contribution in [0.3, 0.4) is 0 Å². The van der Waals surface area contributed by atoms with Gasteiger partial charge in [-0.05, 0) is 43.5 Å². The number of esters is 1. The smallest absolute Gasteiger partial charge is 0.331 e. The zero-order chi connectivity index (χ0) is 21.3. The van der Waals surface area contributed by atoms with E-state index in [1.165, 1.54) is 6.08 Å². The van der Waals surface area contributed by atoms with Crippen molar-refractivity contribution >= 4 is 29.5 Å². The maximum atomic E-state index is 12.6. The Bertz CT molecular complexity index is 946. The van der Waals surface area contributed by atoms with E-state index in [0.29, 0.717) is 11.3 Å². The Labute approximate surface area is 176 Å². The van der Waals surface area contributed by atoms with Gasteiger partial charge in [-0.2, -0.15) is 0 Å². The van der Waals surface area contributed by atoms with Crippen molar-refractivity contribution in [3.05, 3.63) is 71.3 Å². The molecule has 6 nitrogen and oxygen atoms in total. The van der Waals surface area contributed by atoms with Gasteiger partial charge in [0.25, 0.3) is 11.8 Å². The molecule has 2 aromatic rings. The van der Waals surface area contributed by atoms with Crippen LogP contribution in [-0.4, -0.2) is 30.4 Å². The molecule has 1 aliphatic rings. The third-order valence-electron chi connectivity index (χ3n) is 4.94. The van der Waals surface area contributed by atoms with Crippen LogP contribution >= 0.6 is 0 Å². The van der Waals surface area contributed by atoms with E-state index in [1.807, 2.05) is 31.2 Å². The number of carbonyl (C=O) groups is 3. The maximum absolute atomic E-state index is 12.6. The quantitative estimate of drug-likeness (QED) is 0.540. The van der Waals surface area contributed by atoms with E-state index in [1.54, 1.807) is 30.3 Å². The molecule has 3 rings (SSSR count). The summed E-state index contributed by atoms with van der Waals surface area (Å²) < 4.78 is 5.00. The van der Waals surface area contributed by atoms with E-state index < -0.39 is 18.5 Å². The second-order valence-corrected chi connectivity index (χ2v) is 7.40. The van der Waals surface area contributed by atoms with E-state index in [4.69, 9.17) is 4.74 Å². The summed E-state index contributed by atoms with van der Waals surface area (Å²) in [5.41, 5.74) is 2.74. The standard InChI is InChI=1S/C24H26N2O4/c1-17-7-6-8-18(15-17)13-14-23(28)30-16-22(27)26-21-12-5-4-11-20(21)24(29)25-19-9-2-3-10-19/h4-8,11-15,19H,2-3,9-10,16H2,1H3,(H,25,29)(H,26,27)/b14-13+. The number of rotatable bonds is 7. The van der Waals surface area contributed by atoms with E-state index in [-0.39, 0.29) is 11.9 Å². The third kappa shape index (κ3) is 6.30. The summed E-state index contributed by atoms with van der Waals surface area (Å²) in [5.74, 6) is -1.33. The molecule has 0 unspecified atom stereocenters. The van der Waals surface area contributed by atoms with Crippen molar-refractivity contribution in [2.24, 2.45) is 0 Å². The molecule has 2 amide bonds. The van der Waals surface area contributed by atoms with E-state index in [2.05, 4.69) is 10.6 Å². The van der Waals surface area contributed by atoms with Gasteiger partial charge in [-0.1, -0.05) is 54.8 Å². The highest BCUT2D eigenvalue weighted by atomic mass is 16.5.